The van der Waals surface area contributed by atoms with Gasteiger partial charge in [-0.2, -0.15) is 22.1 Å². The van der Waals surface area contributed by atoms with Crippen molar-refractivity contribution in [3.05, 3.63) is 12.2 Å². The Morgan fingerprint density at radius 1 is 1.00 bits per heavy atom. The summed E-state index contributed by atoms with van der Waals surface area (Å²) in [4.78, 5) is 14.1. The van der Waals surface area contributed by atoms with Crippen molar-refractivity contribution in [1.29, 1.82) is 0 Å². The molecule has 130 valence electrons. The third kappa shape index (κ3) is 11.9. The van der Waals surface area contributed by atoms with Gasteiger partial charge in [0.25, 0.3) is 20.2 Å². The molecule has 0 aromatic carbocycles. The van der Waals surface area contributed by atoms with Crippen LogP contribution in [-0.4, -0.2) is 42.4 Å². The van der Waals surface area contributed by atoms with Crippen molar-refractivity contribution in [1.82, 2.24) is 0 Å². The molecule has 0 fully saturated rings. The van der Waals surface area contributed by atoms with Crippen molar-refractivity contribution < 1.29 is 40.9 Å². The Morgan fingerprint density at radius 3 is 2.05 bits per heavy atom. The third-order valence-electron chi connectivity index (χ3n) is 2.74. The number of hydrogen-bond acceptors (Lipinski definition) is 7. The zero-order valence-corrected chi connectivity index (χ0v) is 13.4. The summed E-state index contributed by atoms with van der Waals surface area (Å²) in [7, 11) is -9.27. The molecule has 9 nitrogen and oxygen atoms in total. The predicted octanol–water partition coefficient (Wildman–Crippen LogP) is 1.24. The monoisotopic (exact) mass is 360 g/mol. The van der Waals surface area contributed by atoms with Gasteiger partial charge < -0.3 is 4.89 Å². The second-order valence-corrected chi connectivity index (χ2v) is 7.51. The fourth-order valence-electron chi connectivity index (χ4n) is 1.69. The standard InChI is InChI=1S/C11H20O9S2/c12-11(20-13)8-6-4-2-1-3-5-7-10(22(17,18)19)9-21(14,15)16/h7,9-10,13H,1-6,8H2,(H,14,15,16)(H,17,18,19). The van der Waals surface area contributed by atoms with Gasteiger partial charge in [-0.3, -0.25) is 9.11 Å². The topological polar surface area (TPSA) is 155 Å². The number of hydrogen-bond donors (Lipinski definition) is 3. The van der Waals surface area contributed by atoms with Gasteiger partial charge in [-0.05, 0) is 19.3 Å². The fourth-order valence-corrected chi connectivity index (χ4v) is 3.50. The molecule has 0 amide bonds. The van der Waals surface area contributed by atoms with Crippen LogP contribution in [0.3, 0.4) is 0 Å². The van der Waals surface area contributed by atoms with Gasteiger partial charge in [-0.25, -0.2) is 4.79 Å². The van der Waals surface area contributed by atoms with Crippen molar-refractivity contribution in [2.24, 2.45) is 0 Å². The Hall–Kier alpha value is -0.750. The maximum absolute atomic E-state index is 11.0. The average molecular weight is 360 g/mol. The van der Waals surface area contributed by atoms with Crippen molar-refractivity contribution >= 4 is 26.2 Å². The van der Waals surface area contributed by atoms with Crippen LogP contribution in [0.15, 0.2) is 0 Å². The predicted molar refractivity (Wildman–Crippen MR) is 76.5 cm³/mol. The second-order valence-electron chi connectivity index (χ2n) is 4.64. The molecule has 0 aliphatic carbocycles. The lowest BCUT2D eigenvalue weighted by Crippen LogP contribution is -2.25. The van der Waals surface area contributed by atoms with E-state index in [1.54, 1.807) is 0 Å². The lowest BCUT2D eigenvalue weighted by Gasteiger charge is -2.11. The van der Waals surface area contributed by atoms with Crippen LogP contribution in [-0.2, 0) is 29.9 Å². The van der Waals surface area contributed by atoms with E-state index in [-0.39, 0.29) is 18.6 Å². The zero-order valence-electron chi connectivity index (χ0n) is 11.8. The van der Waals surface area contributed by atoms with Crippen LogP contribution in [0.5, 0.6) is 0 Å². The molecule has 3 N–H and O–H groups in total. The lowest BCUT2D eigenvalue weighted by molar-refractivity contribution is -0.234. The van der Waals surface area contributed by atoms with E-state index in [1.807, 2.05) is 0 Å². The highest BCUT2D eigenvalue weighted by Crippen LogP contribution is 2.16. The van der Waals surface area contributed by atoms with Crippen LogP contribution in [0.1, 0.15) is 44.9 Å². The van der Waals surface area contributed by atoms with Crippen molar-refractivity contribution in [3.63, 3.8) is 0 Å². The molecule has 0 rings (SSSR count). The Kier molecular flexibility index (Phi) is 9.76. The molecule has 2 radical (unpaired) electrons. The first-order chi connectivity index (χ1) is 10.1. The van der Waals surface area contributed by atoms with Crippen molar-refractivity contribution in [2.45, 2.75) is 50.2 Å². The molecule has 0 heterocycles. The number of rotatable bonds is 12. The summed E-state index contributed by atoms with van der Waals surface area (Å²) < 4.78 is 60.6. The van der Waals surface area contributed by atoms with Gasteiger partial charge in [-0.15, -0.1) is 0 Å². The molecule has 0 aliphatic rings. The molecule has 1 atom stereocenters. The first kappa shape index (κ1) is 21.2. The normalized spacial score (nSPS) is 13.8. The Labute approximate surface area is 130 Å². The van der Waals surface area contributed by atoms with Crippen molar-refractivity contribution in [3.8, 4) is 0 Å². The molecule has 1 unspecified atom stereocenters. The van der Waals surface area contributed by atoms with Crippen LogP contribution in [0, 0.1) is 12.2 Å². The fraction of sp³-hybridized carbons (Fsp3) is 0.727. The number of unbranched alkanes of at least 4 members (excludes halogenated alkanes) is 5. The summed E-state index contributed by atoms with van der Waals surface area (Å²) in [6.45, 7) is 0. The van der Waals surface area contributed by atoms with Gasteiger partial charge in [-0.1, -0.05) is 25.7 Å². The Bertz CT molecular complexity index is 524. The second kappa shape index (κ2) is 10.1. The summed E-state index contributed by atoms with van der Waals surface area (Å²) in [5, 5.41) is 6.24. The minimum atomic E-state index is -4.64. The highest BCUT2D eigenvalue weighted by atomic mass is 32.2. The van der Waals surface area contributed by atoms with Gasteiger partial charge >= 0.3 is 5.97 Å². The van der Waals surface area contributed by atoms with E-state index in [0.29, 0.717) is 25.7 Å². The summed E-state index contributed by atoms with van der Waals surface area (Å²) >= 11 is 0. The van der Waals surface area contributed by atoms with Crippen molar-refractivity contribution in [2.75, 3.05) is 0 Å². The molecule has 22 heavy (non-hydrogen) atoms. The first-order valence-corrected chi connectivity index (χ1v) is 9.53. The van der Waals surface area contributed by atoms with Gasteiger partial charge in [0.05, 0.1) is 0 Å². The number of carbonyl (C=O) groups is 1. The molecule has 0 aliphatic heterocycles. The molecular formula is C11H20O9S2. The molecule has 0 saturated heterocycles. The van der Waals surface area contributed by atoms with E-state index >= 15 is 0 Å². The maximum Gasteiger partial charge on any atom is 0.342 e. The molecule has 0 aromatic rings. The van der Waals surface area contributed by atoms with E-state index in [2.05, 4.69) is 4.89 Å². The van der Waals surface area contributed by atoms with Crippen LogP contribution in [0.4, 0.5) is 0 Å². The first-order valence-electron chi connectivity index (χ1n) is 6.52. The SMILES string of the molecule is O=C(CCCCCCC[CH]C([CH]S(=O)(=O)O)S(=O)(=O)O)OO. The van der Waals surface area contributed by atoms with Crippen LogP contribution in [0.25, 0.3) is 0 Å². The van der Waals surface area contributed by atoms with Crippen LogP contribution < -0.4 is 0 Å². The average Bonchev–Trinajstić information content (AvgIpc) is 2.37. The maximum atomic E-state index is 11.0. The highest BCUT2D eigenvalue weighted by molar-refractivity contribution is 7.91. The van der Waals surface area contributed by atoms with E-state index in [9.17, 15) is 21.6 Å². The summed E-state index contributed by atoms with van der Waals surface area (Å²) in [5.74, 6) is -0.548. The highest BCUT2D eigenvalue weighted by Gasteiger charge is 2.28. The molecule has 0 bridgehead atoms. The quantitative estimate of drug-likeness (QED) is 0.202. The van der Waals surface area contributed by atoms with Gasteiger partial charge in [0.1, 0.15) is 11.0 Å². The van der Waals surface area contributed by atoms with Crippen LogP contribution >= 0.6 is 0 Å². The summed E-state index contributed by atoms with van der Waals surface area (Å²) in [5.41, 5.74) is 0. The zero-order chi connectivity index (χ0) is 17.2. The molecule has 0 aromatic heterocycles. The molecule has 0 saturated carbocycles. The number of carbonyl (C=O) groups excluding carboxylic acids is 1. The molecular weight excluding hydrogens is 340 g/mol. The minimum Gasteiger partial charge on any atom is -0.301 e. The third-order valence-corrected chi connectivity index (χ3v) is 4.56. The Morgan fingerprint density at radius 2 is 1.55 bits per heavy atom. The van der Waals surface area contributed by atoms with Gasteiger partial charge in [0.15, 0.2) is 0 Å². The molecule has 11 heteroatoms. The lowest BCUT2D eigenvalue weighted by atomic mass is 10.1. The van der Waals surface area contributed by atoms with Gasteiger partial charge in [0, 0.05) is 6.42 Å². The van der Waals surface area contributed by atoms with E-state index < -0.39 is 31.5 Å². The van der Waals surface area contributed by atoms with Crippen LogP contribution in [0.2, 0.25) is 0 Å². The summed E-state index contributed by atoms with van der Waals surface area (Å²) in [6.07, 6.45) is 4.70. The Balaban J connectivity index is 3.89. The minimum absolute atomic E-state index is 0.108. The summed E-state index contributed by atoms with van der Waals surface area (Å²) in [6, 6.07) is 0. The smallest absolute Gasteiger partial charge is 0.301 e. The molecule has 0 spiro atoms. The largest absolute Gasteiger partial charge is 0.342 e. The van der Waals surface area contributed by atoms with E-state index in [4.69, 9.17) is 14.4 Å². The van der Waals surface area contributed by atoms with E-state index in [0.717, 1.165) is 12.8 Å². The van der Waals surface area contributed by atoms with Gasteiger partial charge in [0.2, 0.25) is 0 Å². The van der Waals surface area contributed by atoms with E-state index in [1.165, 1.54) is 0 Å².